The minimum absolute atomic E-state index is 0.463. The second-order valence-electron chi connectivity index (χ2n) is 9.24. The zero-order valence-corrected chi connectivity index (χ0v) is 22.2. The van der Waals surface area contributed by atoms with Gasteiger partial charge in [0.1, 0.15) is 0 Å². The lowest BCUT2D eigenvalue weighted by Gasteiger charge is -2.46. The van der Waals surface area contributed by atoms with Gasteiger partial charge in [-0.05, 0) is 54.3 Å². The lowest BCUT2D eigenvalue weighted by molar-refractivity contribution is 0.392. The summed E-state index contributed by atoms with van der Waals surface area (Å²) in [5, 5.41) is 0. The Morgan fingerprint density at radius 2 is 0.897 bits per heavy atom. The topological polar surface area (TPSA) is 57.5 Å². The van der Waals surface area contributed by atoms with Gasteiger partial charge in [0.15, 0.2) is 0 Å². The van der Waals surface area contributed by atoms with E-state index in [0.717, 1.165) is 75.0 Å². The van der Waals surface area contributed by atoms with Crippen LogP contribution < -0.4 is 0 Å². The van der Waals surface area contributed by atoms with Gasteiger partial charge in [-0.2, -0.15) is 0 Å². The molecule has 0 aromatic heterocycles. The molecule has 178 valence electrons. The molecule has 0 saturated heterocycles. The van der Waals surface area contributed by atoms with Crippen molar-refractivity contribution in [1.82, 2.24) is 0 Å². The van der Waals surface area contributed by atoms with E-state index in [9.17, 15) is 14.4 Å². The van der Waals surface area contributed by atoms with Gasteiger partial charge in [-0.25, -0.2) is 4.57 Å². The maximum Gasteiger partial charge on any atom is 0.366 e. The van der Waals surface area contributed by atoms with Crippen molar-refractivity contribution in [3.63, 3.8) is 0 Å². The Bertz CT molecular complexity index is 392. The van der Waals surface area contributed by atoms with Gasteiger partial charge >= 0.3 is 6.80 Å². The Kier molecular flexibility index (Phi) is 16.5. The summed E-state index contributed by atoms with van der Waals surface area (Å²) in [4.78, 5) is 21.6. The van der Waals surface area contributed by atoms with E-state index in [1.165, 1.54) is 19.3 Å². The summed E-state index contributed by atoms with van der Waals surface area (Å²) in [6.07, 6.45) is 13.5. The molecule has 0 spiro atoms. The first-order valence-electron chi connectivity index (χ1n) is 12.5. The number of unbranched alkanes of at least 4 members (excludes halogenated alkanes) is 3. The Morgan fingerprint density at radius 1 is 0.621 bits per heavy atom. The highest BCUT2D eigenvalue weighted by Crippen LogP contribution is 2.79. The molecule has 0 heterocycles. The molecule has 0 rings (SSSR count). The van der Waals surface area contributed by atoms with Crippen molar-refractivity contribution in [2.24, 2.45) is 17.8 Å². The zero-order valence-electron chi connectivity index (χ0n) is 20.5. The number of rotatable bonds is 19. The van der Waals surface area contributed by atoms with Crippen LogP contribution in [0.15, 0.2) is 0 Å². The Hall–Kier alpha value is 0.500. The first-order valence-corrected chi connectivity index (χ1v) is 16.9. The van der Waals surface area contributed by atoms with E-state index in [1.807, 2.05) is 0 Å². The van der Waals surface area contributed by atoms with E-state index in [2.05, 4.69) is 41.5 Å². The van der Waals surface area contributed by atoms with E-state index in [0.29, 0.717) is 17.8 Å². The summed E-state index contributed by atoms with van der Waals surface area (Å²) in [5.74, 6) is 3.76. The molecule has 0 bridgehead atoms. The van der Waals surface area contributed by atoms with Gasteiger partial charge < -0.3 is 9.79 Å². The lowest BCUT2D eigenvalue weighted by atomic mass is 10.0. The van der Waals surface area contributed by atoms with Crippen LogP contribution in [0.2, 0.25) is 0 Å². The molecule has 0 amide bonds. The molecule has 0 aliphatic heterocycles. The molecule has 3 nitrogen and oxygen atoms in total. The van der Waals surface area contributed by atoms with Crippen LogP contribution in [0.3, 0.4) is 0 Å². The van der Waals surface area contributed by atoms with Crippen LogP contribution in [-0.4, -0.2) is 27.0 Å². The Morgan fingerprint density at radius 3 is 1.07 bits per heavy atom. The fraction of sp³-hybridized carbons (Fsp3) is 1.00. The van der Waals surface area contributed by atoms with Gasteiger partial charge in [-0.3, -0.25) is 0 Å². The number of hydrogen-bond donors (Lipinski definition) is 2. The third-order valence-electron chi connectivity index (χ3n) is 6.77. The monoisotopic (exact) mass is 452 g/mol. The average molecular weight is 453 g/mol. The quantitative estimate of drug-likeness (QED) is 0.193. The van der Waals surface area contributed by atoms with Gasteiger partial charge in [0.05, 0.1) is 0 Å². The molecule has 29 heavy (non-hydrogen) atoms. The Labute approximate surface area is 184 Å². The molecular formula is C24H53O3PS. The van der Waals surface area contributed by atoms with Crippen LogP contribution in [0.4, 0.5) is 0 Å². The van der Waals surface area contributed by atoms with Crippen molar-refractivity contribution in [3.05, 3.63) is 0 Å². The highest BCUT2D eigenvalue weighted by molar-refractivity contribution is 8.76. The molecule has 0 fully saturated rings. The summed E-state index contributed by atoms with van der Waals surface area (Å²) >= 11 is 0. The average Bonchev–Trinajstić information content (AvgIpc) is 2.69. The molecule has 0 saturated carbocycles. The SMILES string of the molecule is CCCCC(CC)CS(CC(CC)CCCC)(CC(CC)CCCC)P(=O)(O)O. The fourth-order valence-electron chi connectivity index (χ4n) is 4.51. The molecule has 3 unspecified atom stereocenters. The smallest absolute Gasteiger partial charge is 0.318 e. The minimum atomic E-state index is -4.12. The Balaban J connectivity index is 5.89. The van der Waals surface area contributed by atoms with Crippen molar-refractivity contribution in [2.45, 2.75) is 119 Å². The molecule has 0 aliphatic rings. The first kappa shape index (κ1) is 29.5. The molecule has 0 aromatic carbocycles. The molecule has 5 heteroatoms. The van der Waals surface area contributed by atoms with Crippen LogP contribution in [0.1, 0.15) is 119 Å². The third-order valence-corrected chi connectivity index (χ3v) is 15.4. The minimum Gasteiger partial charge on any atom is -0.318 e. The summed E-state index contributed by atoms with van der Waals surface area (Å²) < 4.78 is 13.2. The molecule has 0 aliphatic carbocycles. The van der Waals surface area contributed by atoms with Crippen LogP contribution >= 0.6 is 16.4 Å². The van der Waals surface area contributed by atoms with Crippen molar-refractivity contribution < 1.29 is 14.4 Å². The van der Waals surface area contributed by atoms with Crippen molar-refractivity contribution in [2.75, 3.05) is 17.3 Å². The summed E-state index contributed by atoms with van der Waals surface area (Å²) in [7, 11) is -1.97. The highest BCUT2D eigenvalue weighted by Gasteiger charge is 2.44. The summed E-state index contributed by atoms with van der Waals surface area (Å²) in [6.45, 7) is 9.17. The van der Waals surface area contributed by atoms with Crippen LogP contribution in [0.25, 0.3) is 0 Å². The predicted molar refractivity (Wildman–Crippen MR) is 134 cm³/mol. The summed E-state index contributed by atoms with van der Waals surface area (Å²) in [5.41, 5.74) is 0. The van der Waals surface area contributed by atoms with Gasteiger partial charge in [0.25, 0.3) is 0 Å². The molecule has 0 radical (unpaired) electrons. The summed E-state index contributed by atoms with van der Waals surface area (Å²) in [6, 6.07) is 0. The van der Waals surface area contributed by atoms with E-state index >= 15 is 0 Å². The van der Waals surface area contributed by atoms with Crippen molar-refractivity contribution in [1.29, 1.82) is 0 Å². The van der Waals surface area contributed by atoms with E-state index < -0.39 is 16.4 Å². The van der Waals surface area contributed by atoms with Gasteiger partial charge in [0, 0.05) is 0 Å². The maximum atomic E-state index is 13.2. The first-order chi connectivity index (χ1) is 13.7. The van der Waals surface area contributed by atoms with Crippen LogP contribution in [0, 0.1) is 17.8 Å². The maximum absolute atomic E-state index is 13.2. The predicted octanol–water partition coefficient (Wildman–Crippen LogP) is 8.53. The molecule has 2 N–H and O–H groups in total. The fourth-order valence-corrected chi connectivity index (χ4v) is 13.0. The van der Waals surface area contributed by atoms with Gasteiger partial charge in [-0.1, -0.05) is 99.3 Å². The second kappa shape index (κ2) is 16.2. The highest BCUT2D eigenvalue weighted by atomic mass is 32.8. The number of hydrogen-bond acceptors (Lipinski definition) is 1. The zero-order chi connectivity index (χ0) is 22.3. The largest absolute Gasteiger partial charge is 0.366 e. The van der Waals surface area contributed by atoms with Crippen LogP contribution in [0.5, 0.6) is 0 Å². The van der Waals surface area contributed by atoms with Gasteiger partial charge in [-0.15, -0.1) is 9.65 Å². The standard InChI is InChI=1S/C24H53O3PS/c1-7-13-16-22(10-4)19-29(28(25,26)27,20-23(11-5)17-14-8-2)21-24(12-6)18-15-9-3/h22-24H,7-21H2,1-6H3,(H2,25,26,27). The second-order valence-corrected chi connectivity index (χ2v) is 17.0. The lowest BCUT2D eigenvalue weighted by Crippen LogP contribution is -2.27. The van der Waals surface area contributed by atoms with Crippen molar-refractivity contribution in [3.8, 4) is 0 Å². The van der Waals surface area contributed by atoms with E-state index in [1.54, 1.807) is 0 Å². The molecule has 3 atom stereocenters. The third kappa shape index (κ3) is 11.1. The van der Waals surface area contributed by atoms with Gasteiger partial charge in [0.2, 0.25) is 0 Å². The van der Waals surface area contributed by atoms with Crippen LogP contribution in [-0.2, 0) is 4.57 Å². The van der Waals surface area contributed by atoms with E-state index in [4.69, 9.17) is 0 Å². The van der Waals surface area contributed by atoms with Crippen molar-refractivity contribution >= 4 is 16.4 Å². The molecule has 0 aromatic rings. The van der Waals surface area contributed by atoms with E-state index in [-0.39, 0.29) is 0 Å². The molecular weight excluding hydrogens is 399 g/mol. The normalized spacial score (nSPS) is 18.8.